The molecule has 0 bridgehead atoms. The summed E-state index contributed by atoms with van der Waals surface area (Å²) in [5.41, 5.74) is 2.53. The molecule has 1 N–H and O–H groups in total. The third-order valence-corrected chi connectivity index (χ3v) is 7.43. The van der Waals surface area contributed by atoms with Crippen molar-refractivity contribution in [2.24, 2.45) is 5.92 Å². The van der Waals surface area contributed by atoms with Crippen molar-refractivity contribution < 1.29 is 22.7 Å². The minimum atomic E-state index is -3.74. The number of carbonyl (C=O) groups is 1. The van der Waals surface area contributed by atoms with Gasteiger partial charge in [0.1, 0.15) is 0 Å². The summed E-state index contributed by atoms with van der Waals surface area (Å²) >= 11 is 0. The van der Waals surface area contributed by atoms with Gasteiger partial charge in [-0.3, -0.25) is 4.79 Å². The Morgan fingerprint density at radius 1 is 1.13 bits per heavy atom. The molecule has 7 nitrogen and oxygen atoms in total. The fourth-order valence-electron chi connectivity index (χ4n) is 4.04. The lowest BCUT2D eigenvalue weighted by Crippen LogP contribution is -2.30. The molecule has 31 heavy (non-hydrogen) atoms. The number of methoxy groups -OCH3 is 2. The van der Waals surface area contributed by atoms with Gasteiger partial charge in [0.15, 0.2) is 11.5 Å². The second-order valence-electron chi connectivity index (χ2n) is 8.00. The average Bonchev–Trinajstić information content (AvgIpc) is 3.55. The van der Waals surface area contributed by atoms with Gasteiger partial charge in [-0.05, 0) is 67.1 Å². The smallest absolute Gasteiger partial charge is 0.241 e. The molecule has 1 atom stereocenters. The van der Waals surface area contributed by atoms with E-state index in [-0.39, 0.29) is 16.7 Å². The zero-order valence-corrected chi connectivity index (χ0v) is 18.9. The molecule has 1 aliphatic heterocycles. The van der Waals surface area contributed by atoms with E-state index in [0.717, 1.165) is 29.7 Å². The minimum Gasteiger partial charge on any atom is -0.493 e. The highest BCUT2D eigenvalue weighted by atomic mass is 32.2. The second kappa shape index (κ2) is 8.51. The molecule has 1 saturated carbocycles. The van der Waals surface area contributed by atoms with Gasteiger partial charge in [-0.2, -0.15) is 0 Å². The first kappa shape index (κ1) is 21.6. The first-order valence-electron chi connectivity index (χ1n) is 10.6. The zero-order valence-electron chi connectivity index (χ0n) is 18.1. The van der Waals surface area contributed by atoms with E-state index in [0.29, 0.717) is 30.9 Å². The number of nitrogens with zero attached hydrogens (tertiary/aromatic N) is 1. The summed E-state index contributed by atoms with van der Waals surface area (Å²) in [4.78, 5) is 14.5. The van der Waals surface area contributed by atoms with E-state index in [4.69, 9.17) is 9.47 Å². The summed E-state index contributed by atoms with van der Waals surface area (Å²) in [6.07, 6.45) is 3.15. The number of hydrogen-bond acceptors (Lipinski definition) is 5. The molecule has 1 fully saturated rings. The van der Waals surface area contributed by atoms with Crippen LogP contribution in [-0.2, 0) is 21.2 Å². The molecular weight excluding hydrogens is 416 g/mol. The van der Waals surface area contributed by atoms with Crippen LogP contribution in [0.5, 0.6) is 11.5 Å². The highest BCUT2D eigenvalue weighted by Crippen LogP contribution is 2.37. The molecule has 0 saturated heterocycles. The first-order chi connectivity index (χ1) is 14.9. The van der Waals surface area contributed by atoms with Gasteiger partial charge in [-0.1, -0.05) is 13.0 Å². The standard InChI is InChI=1S/C23H28N2O5S/c1-4-19(16-7-10-21(29-2)22(14-16)30-3)24-31(27,28)18-8-9-20-17(13-18)11-12-25(20)23(26)15-5-6-15/h7-10,13-15,19,24H,4-6,11-12H2,1-3H3/t19-/m1/s1. The molecule has 0 unspecified atom stereocenters. The van der Waals surface area contributed by atoms with E-state index in [1.54, 1.807) is 49.5 Å². The molecule has 2 aromatic rings. The lowest BCUT2D eigenvalue weighted by molar-refractivity contribution is -0.119. The molecule has 1 heterocycles. The van der Waals surface area contributed by atoms with Gasteiger partial charge in [-0.25, -0.2) is 13.1 Å². The third-order valence-electron chi connectivity index (χ3n) is 5.97. The Balaban J connectivity index is 1.56. The van der Waals surface area contributed by atoms with Crippen LogP contribution in [0.3, 0.4) is 0 Å². The molecule has 2 aliphatic rings. The summed E-state index contributed by atoms with van der Waals surface area (Å²) in [6, 6.07) is 10.0. The number of nitrogens with one attached hydrogen (secondary N) is 1. The Labute approximate surface area is 183 Å². The maximum Gasteiger partial charge on any atom is 0.241 e. The summed E-state index contributed by atoms with van der Waals surface area (Å²) in [7, 11) is -0.633. The van der Waals surface area contributed by atoms with Crippen LogP contribution in [0.25, 0.3) is 0 Å². The Kier molecular flexibility index (Phi) is 5.94. The van der Waals surface area contributed by atoms with E-state index in [1.807, 2.05) is 13.0 Å². The molecule has 8 heteroatoms. The predicted octanol–water partition coefficient (Wildman–Crippen LogP) is 3.43. The number of fused-ring (bicyclic) bond motifs is 1. The van der Waals surface area contributed by atoms with Crippen LogP contribution in [0, 0.1) is 5.92 Å². The number of amides is 1. The van der Waals surface area contributed by atoms with E-state index >= 15 is 0 Å². The first-order valence-corrected chi connectivity index (χ1v) is 12.0. The fourth-order valence-corrected chi connectivity index (χ4v) is 5.39. The minimum absolute atomic E-state index is 0.142. The van der Waals surface area contributed by atoms with Crippen LogP contribution in [0.4, 0.5) is 5.69 Å². The van der Waals surface area contributed by atoms with E-state index < -0.39 is 16.1 Å². The van der Waals surface area contributed by atoms with Crippen molar-refractivity contribution in [2.45, 2.75) is 43.5 Å². The Hall–Kier alpha value is -2.58. The van der Waals surface area contributed by atoms with Crippen molar-refractivity contribution in [3.8, 4) is 11.5 Å². The molecule has 0 radical (unpaired) electrons. The van der Waals surface area contributed by atoms with Gasteiger partial charge in [0.25, 0.3) is 0 Å². The van der Waals surface area contributed by atoms with Crippen molar-refractivity contribution in [3.05, 3.63) is 47.5 Å². The van der Waals surface area contributed by atoms with E-state index in [1.165, 1.54) is 0 Å². The maximum atomic E-state index is 13.1. The van der Waals surface area contributed by atoms with Crippen molar-refractivity contribution in [1.29, 1.82) is 0 Å². The fraction of sp³-hybridized carbons (Fsp3) is 0.435. The highest BCUT2D eigenvalue weighted by Gasteiger charge is 2.36. The van der Waals surface area contributed by atoms with Crippen LogP contribution >= 0.6 is 0 Å². The summed E-state index contributed by atoms with van der Waals surface area (Å²) in [5.74, 6) is 1.44. The Morgan fingerprint density at radius 3 is 2.52 bits per heavy atom. The largest absolute Gasteiger partial charge is 0.493 e. The van der Waals surface area contributed by atoms with Crippen LogP contribution < -0.4 is 19.1 Å². The molecule has 0 spiro atoms. The monoisotopic (exact) mass is 444 g/mol. The van der Waals surface area contributed by atoms with Crippen molar-refractivity contribution in [1.82, 2.24) is 4.72 Å². The van der Waals surface area contributed by atoms with Gasteiger partial charge in [0.2, 0.25) is 15.9 Å². The topological polar surface area (TPSA) is 84.9 Å². The summed E-state index contributed by atoms with van der Waals surface area (Å²) in [6.45, 7) is 2.54. The number of ether oxygens (including phenoxy) is 2. The quantitative estimate of drug-likeness (QED) is 0.674. The van der Waals surface area contributed by atoms with Crippen LogP contribution in [0.1, 0.15) is 43.4 Å². The molecule has 166 valence electrons. The number of anilines is 1. The van der Waals surface area contributed by atoms with Crippen LogP contribution in [0.2, 0.25) is 0 Å². The van der Waals surface area contributed by atoms with Gasteiger partial charge >= 0.3 is 0 Å². The number of hydrogen-bond donors (Lipinski definition) is 1. The predicted molar refractivity (Wildman–Crippen MR) is 118 cm³/mol. The van der Waals surface area contributed by atoms with Crippen molar-refractivity contribution in [3.63, 3.8) is 0 Å². The van der Waals surface area contributed by atoms with Gasteiger partial charge < -0.3 is 14.4 Å². The Bertz CT molecular complexity index is 1100. The molecule has 1 amide bonds. The summed E-state index contributed by atoms with van der Waals surface area (Å²) in [5, 5.41) is 0. The van der Waals surface area contributed by atoms with Crippen LogP contribution in [-0.4, -0.2) is 35.1 Å². The average molecular weight is 445 g/mol. The number of rotatable bonds is 8. The third kappa shape index (κ3) is 4.27. The number of sulfonamides is 1. The molecule has 0 aromatic heterocycles. The number of benzene rings is 2. The van der Waals surface area contributed by atoms with Gasteiger partial charge in [0, 0.05) is 24.2 Å². The SMILES string of the molecule is CC[C@@H](NS(=O)(=O)c1ccc2c(c1)CCN2C(=O)C1CC1)c1ccc(OC)c(OC)c1. The molecule has 2 aromatic carbocycles. The second-order valence-corrected chi connectivity index (χ2v) is 9.72. The molecular formula is C23H28N2O5S. The van der Waals surface area contributed by atoms with E-state index in [2.05, 4.69) is 4.72 Å². The lowest BCUT2D eigenvalue weighted by Gasteiger charge is -2.20. The van der Waals surface area contributed by atoms with Gasteiger partial charge in [0.05, 0.1) is 19.1 Å². The van der Waals surface area contributed by atoms with Crippen molar-refractivity contribution >= 4 is 21.6 Å². The lowest BCUT2D eigenvalue weighted by atomic mass is 10.1. The van der Waals surface area contributed by atoms with Crippen molar-refractivity contribution in [2.75, 3.05) is 25.7 Å². The maximum absolute atomic E-state index is 13.1. The van der Waals surface area contributed by atoms with Gasteiger partial charge in [-0.15, -0.1) is 0 Å². The molecule has 4 rings (SSSR count). The molecule has 1 aliphatic carbocycles. The highest BCUT2D eigenvalue weighted by molar-refractivity contribution is 7.89. The normalized spacial score (nSPS) is 16.7. The summed E-state index contributed by atoms with van der Waals surface area (Å²) < 4.78 is 39.7. The van der Waals surface area contributed by atoms with Crippen LogP contribution in [0.15, 0.2) is 41.3 Å². The van der Waals surface area contributed by atoms with E-state index in [9.17, 15) is 13.2 Å². The zero-order chi connectivity index (χ0) is 22.2. The Morgan fingerprint density at radius 2 is 1.87 bits per heavy atom. The number of carbonyl (C=O) groups excluding carboxylic acids is 1.